The predicted molar refractivity (Wildman–Crippen MR) is 69.8 cm³/mol. The van der Waals surface area contributed by atoms with Crippen molar-refractivity contribution in [2.24, 2.45) is 7.05 Å². The maximum atomic E-state index is 8.97. The Labute approximate surface area is 107 Å². The highest BCUT2D eigenvalue weighted by Crippen LogP contribution is 2.06. The summed E-state index contributed by atoms with van der Waals surface area (Å²) >= 11 is 0. The molecule has 1 aromatic heterocycles. The van der Waals surface area contributed by atoms with Crippen LogP contribution in [-0.2, 0) is 20.0 Å². The van der Waals surface area contributed by atoms with Crippen LogP contribution >= 0.6 is 0 Å². The summed E-state index contributed by atoms with van der Waals surface area (Å²) in [7, 11) is 1.92. The molecule has 4 nitrogen and oxygen atoms in total. The highest BCUT2D eigenvalue weighted by molar-refractivity contribution is 5.37. The Morgan fingerprint density at radius 3 is 2.94 bits per heavy atom. The molecule has 0 saturated carbocycles. The van der Waals surface area contributed by atoms with Crippen molar-refractivity contribution in [2.75, 3.05) is 6.54 Å². The lowest BCUT2D eigenvalue weighted by Gasteiger charge is -2.05. The molecule has 0 saturated heterocycles. The van der Waals surface area contributed by atoms with E-state index in [2.05, 4.69) is 16.5 Å². The third-order valence-electron chi connectivity index (χ3n) is 2.80. The second-order valence-electron chi connectivity index (χ2n) is 4.22. The van der Waals surface area contributed by atoms with Gasteiger partial charge in [-0.2, -0.15) is 10.4 Å². The van der Waals surface area contributed by atoms with Crippen molar-refractivity contribution in [1.82, 2.24) is 15.1 Å². The van der Waals surface area contributed by atoms with Gasteiger partial charge >= 0.3 is 0 Å². The van der Waals surface area contributed by atoms with E-state index in [-0.39, 0.29) is 0 Å². The lowest BCUT2D eigenvalue weighted by Crippen LogP contribution is -2.17. The van der Waals surface area contributed by atoms with E-state index in [0.717, 1.165) is 30.6 Å². The first-order valence-electron chi connectivity index (χ1n) is 5.96. The fourth-order valence-corrected chi connectivity index (χ4v) is 1.84. The van der Waals surface area contributed by atoms with Crippen LogP contribution in [0, 0.1) is 11.3 Å². The molecule has 2 rings (SSSR count). The molecule has 0 fully saturated rings. The molecule has 1 aromatic carbocycles. The molecule has 0 unspecified atom stereocenters. The highest BCUT2D eigenvalue weighted by atomic mass is 15.2. The minimum atomic E-state index is 0.726. The molecule has 0 spiro atoms. The molecule has 2 aromatic rings. The Hall–Kier alpha value is -2.12. The molecule has 0 radical (unpaired) electrons. The quantitative estimate of drug-likeness (QED) is 0.808. The number of nitrogens with zero attached hydrogens (tertiary/aromatic N) is 3. The van der Waals surface area contributed by atoms with Gasteiger partial charge in [-0.3, -0.25) is 4.68 Å². The van der Waals surface area contributed by atoms with E-state index in [9.17, 15) is 0 Å². The molecule has 0 aliphatic carbocycles. The smallest absolute Gasteiger partial charge is 0.0995 e. The van der Waals surface area contributed by atoms with Crippen LogP contribution in [-0.4, -0.2) is 16.3 Å². The van der Waals surface area contributed by atoms with Crippen molar-refractivity contribution in [2.45, 2.75) is 13.0 Å². The van der Waals surface area contributed by atoms with Crippen molar-refractivity contribution >= 4 is 0 Å². The van der Waals surface area contributed by atoms with Gasteiger partial charge in [-0.15, -0.1) is 0 Å². The normalized spacial score (nSPS) is 10.2. The maximum absolute atomic E-state index is 8.97. The monoisotopic (exact) mass is 240 g/mol. The summed E-state index contributed by atoms with van der Waals surface area (Å²) in [5.74, 6) is 0. The van der Waals surface area contributed by atoms with Crippen molar-refractivity contribution < 1.29 is 0 Å². The van der Waals surface area contributed by atoms with Crippen LogP contribution in [0.5, 0.6) is 0 Å². The van der Waals surface area contributed by atoms with E-state index in [1.54, 1.807) is 4.68 Å². The summed E-state index contributed by atoms with van der Waals surface area (Å²) in [5, 5.41) is 16.4. The molecule has 92 valence electrons. The number of aromatic nitrogens is 2. The molecule has 1 heterocycles. The third kappa shape index (κ3) is 3.19. The molecule has 0 atom stereocenters. The molecule has 0 aliphatic rings. The van der Waals surface area contributed by atoms with E-state index in [0.29, 0.717) is 0 Å². The van der Waals surface area contributed by atoms with Crippen molar-refractivity contribution in [1.29, 1.82) is 5.26 Å². The summed E-state index contributed by atoms with van der Waals surface area (Å²) in [4.78, 5) is 0. The SMILES string of the molecule is Cn1cc(CCNCc2ccccc2C#N)cn1. The maximum Gasteiger partial charge on any atom is 0.0995 e. The average molecular weight is 240 g/mol. The Kier molecular flexibility index (Phi) is 4.11. The second-order valence-corrected chi connectivity index (χ2v) is 4.22. The molecule has 0 bridgehead atoms. The summed E-state index contributed by atoms with van der Waals surface area (Å²) in [6.45, 7) is 1.61. The van der Waals surface area contributed by atoms with E-state index in [1.807, 2.05) is 43.7 Å². The van der Waals surface area contributed by atoms with E-state index < -0.39 is 0 Å². The topological polar surface area (TPSA) is 53.6 Å². The first-order valence-corrected chi connectivity index (χ1v) is 5.96. The Morgan fingerprint density at radius 1 is 1.39 bits per heavy atom. The molecule has 0 aliphatic heterocycles. The molecular formula is C14H16N4. The molecule has 1 N–H and O–H groups in total. The number of nitrogens with one attached hydrogen (secondary N) is 1. The van der Waals surface area contributed by atoms with Gasteiger partial charge in [-0.25, -0.2) is 0 Å². The minimum absolute atomic E-state index is 0.726. The fourth-order valence-electron chi connectivity index (χ4n) is 1.84. The van der Waals surface area contributed by atoms with Crippen LogP contribution in [0.3, 0.4) is 0 Å². The van der Waals surface area contributed by atoms with Gasteiger partial charge < -0.3 is 5.32 Å². The molecule has 4 heteroatoms. The first-order chi connectivity index (χ1) is 8.79. The zero-order valence-corrected chi connectivity index (χ0v) is 10.4. The predicted octanol–water partition coefficient (Wildman–Crippen LogP) is 1.62. The van der Waals surface area contributed by atoms with Gasteiger partial charge in [0.2, 0.25) is 0 Å². The molecule has 18 heavy (non-hydrogen) atoms. The van der Waals surface area contributed by atoms with Crippen LogP contribution in [0.15, 0.2) is 36.7 Å². The van der Waals surface area contributed by atoms with Gasteiger partial charge in [-0.1, -0.05) is 18.2 Å². The summed E-state index contributed by atoms with van der Waals surface area (Å²) in [6, 6.07) is 9.88. The zero-order chi connectivity index (χ0) is 12.8. The van der Waals surface area contributed by atoms with Gasteiger partial charge in [0.05, 0.1) is 17.8 Å². The van der Waals surface area contributed by atoms with E-state index >= 15 is 0 Å². The second kappa shape index (κ2) is 5.99. The fraction of sp³-hybridized carbons (Fsp3) is 0.286. The number of hydrogen-bond acceptors (Lipinski definition) is 3. The van der Waals surface area contributed by atoms with Crippen LogP contribution in [0.1, 0.15) is 16.7 Å². The summed E-state index contributed by atoms with van der Waals surface area (Å²) < 4.78 is 1.81. The zero-order valence-electron chi connectivity index (χ0n) is 10.4. The Morgan fingerprint density at radius 2 is 2.22 bits per heavy atom. The van der Waals surface area contributed by atoms with Crippen LogP contribution in [0.25, 0.3) is 0 Å². The van der Waals surface area contributed by atoms with Gasteiger partial charge in [0.25, 0.3) is 0 Å². The number of aryl methyl sites for hydroxylation is 1. The average Bonchev–Trinajstić information content (AvgIpc) is 2.81. The third-order valence-corrected chi connectivity index (χ3v) is 2.80. The molecular weight excluding hydrogens is 224 g/mol. The van der Waals surface area contributed by atoms with Crippen molar-refractivity contribution in [3.8, 4) is 6.07 Å². The van der Waals surface area contributed by atoms with Crippen LogP contribution in [0.4, 0.5) is 0 Å². The lowest BCUT2D eigenvalue weighted by molar-refractivity contribution is 0.685. The lowest BCUT2D eigenvalue weighted by atomic mass is 10.1. The van der Waals surface area contributed by atoms with Gasteiger partial charge in [0, 0.05) is 19.8 Å². The number of rotatable bonds is 5. The number of benzene rings is 1. The van der Waals surface area contributed by atoms with E-state index in [1.165, 1.54) is 5.56 Å². The first kappa shape index (κ1) is 12.3. The highest BCUT2D eigenvalue weighted by Gasteiger charge is 2.00. The minimum Gasteiger partial charge on any atom is -0.312 e. The molecule has 0 amide bonds. The summed E-state index contributed by atoms with van der Waals surface area (Å²) in [6.07, 6.45) is 4.85. The number of nitriles is 1. The van der Waals surface area contributed by atoms with Gasteiger partial charge in [0.15, 0.2) is 0 Å². The van der Waals surface area contributed by atoms with E-state index in [4.69, 9.17) is 5.26 Å². The summed E-state index contributed by atoms with van der Waals surface area (Å²) in [5.41, 5.74) is 3.01. The Bertz CT molecular complexity index is 551. The van der Waals surface area contributed by atoms with Crippen LogP contribution < -0.4 is 5.32 Å². The van der Waals surface area contributed by atoms with Crippen molar-refractivity contribution in [3.05, 3.63) is 53.3 Å². The standard InChI is InChI=1S/C14H16N4/c1-18-11-12(9-17-18)6-7-16-10-14-5-3-2-4-13(14)8-15/h2-5,9,11,16H,6-7,10H2,1H3. The number of hydrogen-bond donors (Lipinski definition) is 1. The van der Waals surface area contributed by atoms with Crippen molar-refractivity contribution in [3.63, 3.8) is 0 Å². The Balaban J connectivity index is 1.80. The van der Waals surface area contributed by atoms with Gasteiger partial charge in [0.1, 0.15) is 0 Å². The largest absolute Gasteiger partial charge is 0.312 e. The van der Waals surface area contributed by atoms with Gasteiger partial charge in [-0.05, 0) is 30.2 Å². The van der Waals surface area contributed by atoms with Crippen LogP contribution in [0.2, 0.25) is 0 Å².